The zero-order valence-corrected chi connectivity index (χ0v) is 12.3. The lowest BCUT2D eigenvalue weighted by Crippen LogP contribution is -3.18. The van der Waals surface area contributed by atoms with E-state index in [-0.39, 0.29) is 12.3 Å². The number of amides is 1. The Bertz CT molecular complexity index is 544. The topological polar surface area (TPSA) is 82.9 Å². The van der Waals surface area contributed by atoms with Gasteiger partial charge in [0.05, 0.1) is 20.2 Å². The van der Waals surface area contributed by atoms with Crippen LogP contribution >= 0.6 is 0 Å². The van der Waals surface area contributed by atoms with Crippen LogP contribution in [0.2, 0.25) is 0 Å². The molecule has 114 valence electrons. The number of nitrogens with one attached hydrogen (secondary N) is 2. The highest BCUT2D eigenvalue weighted by Crippen LogP contribution is 2.18. The van der Waals surface area contributed by atoms with Gasteiger partial charge in [-0.2, -0.15) is 0 Å². The van der Waals surface area contributed by atoms with E-state index in [1.807, 2.05) is 25.1 Å². The van der Waals surface area contributed by atoms with Gasteiger partial charge in [0, 0.05) is 18.0 Å². The van der Waals surface area contributed by atoms with E-state index >= 15 is 0 Å². The highest BCUT2D eigenvalue weighted by Gasteiger charge is 2.33. The van der Waals surface area contributed by atoms with Crippen LogP contribution in [0.25, 0.3) is 0 Å². The molecule has 6 heteroatoms. The summed E-state index contributed by atoms with van der Waals surface area (Å²) in [6.07, 6.45) is -0.254. The number of benzene rings is 1. The number of carbonyl (C=O) groups excluding carboxylic acids is 2. The second-order valence-corrected chi connectivity index (χ2v) is 5.31. The molecule has 0 radical (unpaired) electrons. The number of ether oxygens (including phenoxy) is 1. The average molecular weight is 292 g/mol. The minimum absolute atomic E-state index is 0.217. The summed E-state index contributed by atoms with van der Waals surface area (Å²) >= 11 is 0. The fourth-order valence-electron chi connectivity index (χ4n) is 2.76. The minimum atomic E-state index is -1.19. The van der Waals surface area contributed by atoms with Crippen LogP contribution in [0.15, 0.2) is 18.2 Å². The van der Waals surface area contributed by atoms with Crippen LogP contribution in [-0.2, 0) is 16.1 Å². The SMILES string of the molecule is COc1ccc(C[NH+]2CCNC(=O)[C@@H]2CC(=O)[O-])cc1C. The van der Waals surface area contributed by atoms with Crippen LogP contribution in [0.4, 0.5) is 0 Å². The van der Waals surface area contributed by atoms with Gasteiger partial charge in [-0.1, -0.05) is 0 Å². The molecule has 1 saturated heterocycles. The molecule has 2 rings (SSSR count). The van der Waals surface area contributed by atoms with E-state index < -0.39 is 12.0 Å². The number of hydrogen-bond donors (Lipinski definition) is 2. The molecule has 1 unspecified atom stereocenters. The standard InChI is InChI=1S/C15H20N2O4/c1-10-7-11(3-4-13(10)21-2)9-17-6-5-16-15(20)12(17)8-14(18)19/h3-4,7,12H,5-6,8-9H2,1-2H3,(H,16,20)(H,18,19)/t12-/m0/s1. The van der Waals surface area contributed by atoms with Gasteiger partial charge >= 0.3 is 0 Å². The molecule has 2 N–H and O–H groups in total. The number of quaternary nitrogens is 1. The third kappa shape index (κ3) is 3.72. The largest absolute Gasteiger partial charge is 0.550 e. The first kappa shape index (κ1) is 15.3. The van der Waals surface area contributed by atoms with E-state index in [1.54, 1.807) is 7.11 Å². The Morgan fingerprint density at radius 1 is 1.52 bits per heavy atom. The zero-order valence-electron chi connectivity index (χ0n) is 12.3. The fourth-order valence-corrected chi connectivity index (χ4v) is 2.76. The molecular formula is C15H20N2O4. The number of carbonyl (C=O) groups is 2. The number of rotatable bonds is 5. The van der Waals surface area contributed by atoms with E-state index in [9.17, 15) is 14.7 Å². The maximum absolute atomic E-state index is 11.9. The summed E-state index contributed by atoms with van der Waals surface area (Å²) in [4.78, 5) is 23.6. The van der Waals surface area contributed by atoms with E-state index in [1.165, 1.54) is 0 Å². The van der Waals surface area contributed by atoms with Crippen LogP contribution < -0.4 is 20.1 Å². The van der Waals surface area contributed by atoms with Crippen molar-refractivity contribution in [3.63, 3.8) is 0 Å². The molecule has 1 aromatic rings. The lowest BCUT2D eigenvalue weighted by molar-refractivity contribution is -0.930. The fraction of sp³-hybridized carbons (Fsp3) is 0.467. The van der Waals surface area contributed by atoms with Crippen molar-refractivity contribution in [1.29, 1.82) is 0 Å². The van der Waals surface area contributed by atoms with Crippen molar-refractivity contribution in [2.75, 3.05) is 20.2 Å². The summed E-state index contributed by atoms with van der Waals surface area (Å²) in [6, 6.07) is 5.25. The Balaban J connectivity index is 2.13. The van der Waals surface area contributed by atoms with Crippen LogP contribution in [-0.4, -0.2) is 38.1 Å². The van der Waals surface area contributed by atoms with Gasteiger partial charge in [-0.05, 0) is 30.7 Å². The predicted octanol–water partition coefficient (Wildman–Crippen LogP) is -1.97. The summed E-state index contributed by atoms with van der Waals surface area (Å²) in [5.41, 5.74) is 2.08. The molecule has 2 atom stereocenters. The van der Waals surface area contributed by atoms with Gasteiger partial charge in [0.1, 0.15) is 12.3 Å². The molecule has 21 heavy (non-hydrogen) atoms. The molecule has 1 aromatic carbocycles. The van der Waals surface area contributed by atoms with Crippen LogP contribution in [0.1, 0.15) is 17.5 Å². The number of hydrogen-bond acceptors (Lipinski definition) is 4. The second-order valence-electron chi connectivity index (χ2n) is 5.31. The average Bonchev–Trinajstić information content (AvgIpc) is 2.42. The van der Waals surface area contributed by atoms with Crippen LogP contribution in [0, 0.1) is 6.92 Å². The molecule has 1 aliphatic heterocycles. The maximum Gasteiger partial charge on any atom is 0.278 e. The first-order valence-electron chi connectivity index (χ1n) is 6.97. The molecule has 0 bridgehead atoms. The number of carboxylic acids is 1. The van der Waals surface area contributed by atoms with Crippen molar-refractivity contribution in [3.8, 4) is 5.75 Å². The summed E-state index contributed by atoms with van der Waals surface area (Å²) in [5, 5.41) is 13.5. The Morgan fingerprint density at radius 2 is 2.29 bits per heavy atom. The third-order valence-electron chi connectivity index (χ3n) is 3.82. The Kier molecular flexibility index (Phi) is 4.80. The van der Waals surface area contributed by atoms with Gasteiger partial charge in [0.2, 0.25) is 0 Å². The van der Waals surface area contributed by atoms with Crippen molar-refractivity contribution in [3.05, 3.63) is 29.3 Å². The maximum atomic E-state index is 11.9. The first-order valence-corrected chi connectivity index (χ1v) is 6.97. The number of aliphatic carboxylic acids is 1. The third-order valence-corrected chi connectivity index (χ3v) is 3.82. The summed E-state index contributed by atoms with van der Waals surface area (Å²) in [6.45, 7) is 3.83. The lowest BCUT2D eigenvalue weighted by atomic mass is 10.1. The van der Waals surface area contributed by atoms with Crippen LogP contribution in [0.5, 0.6) is 5.75 Å². The smallest absolute Gasteiger partial charge is 0.278 e. The summed E-state index contributed by atoms with van der Waals surface area (Å²) in [7, 11) is 1.62. The Labute approximate surface area is 123 Å². The second kappa shape index (κ2) is 6.58. The number of carboxylic acid groups (broad SMARTS) is 1. The number of aryl methyl sites for hydroxylation is 1. The Morgan fingerprint density at radius 3 is 2.90 bits per heavy atom. The molecule has 1 fully saturated rings. The zero-order chi connectivity index (χ0) is 15.4. The number of piperazine rings is 1. The highest BCUT2D eigenvalue weighted by atomic mass is 16.5. The van der Waals surface area contributed by atoms with E-state index in [0.29, 0.717) is 19.6 Å². The molecule has 0 spiro atoms. The van der Waals surface area contributed by atoms with Crippen molar-refractivity contribution >= 4 is 11.9 Å². The van der Waals surface area contributed by atoms with Gasteiger partial charge in [-0.25, -0.2) is 0 Å². The predicted molar refractivity (Wildman–Crippen MR) is 73.7 cm³/mol. The van der Waals surface area contributed by atoms with Gasteiger partial charge in [0.15, 0.2) is 6.04 Å². The summed E-state index contributed by atoms with van der Waals surface area (Å²) < 4.78 is 5.22. The van der Waals surface area contributed by atoms with Gasteiger partial charge < -0.3 is 24.9 Å². The highest BCUT2D eigenvalue weighted by molar-refractivity contribution is 5.84. The molecule has 1 amide bonds. The normalized spacial score (nSPS) is 21.7. The monoisotopic (exact) mass is 292 g/mol. The van der Waals surface area contributed by atoms with Gasteiger partial charge in [0.25, 0.3) is 5.91 Å². The lowest BCUT2D eigenvalue weighted by Gasteiger charge is -2.32. The van der Waals surface area contributed by atoms with Crippen molar-refractivity contribution in [2.45, 2.75) is 25.9 Å². The first-order chi connectivity index (χ1) is 10.0. The molecule has 1 aliphatic rings. The minimum Gasteiger partial charge on any atom is -0.550 e. The molecule has 0 aromatic heterocycles. The molecule has 0 aliphatic carbocycles. The van der Waals surface area contributed by atoms with Crippen molar-refractivity contribution in [2.24, 2.45) is 0 Å². The number of methoxy groups -OCH3 is 1. The van der Waals surface area contributed by atoms with E-state index in [4.69, 9.17) is 4.74 Å². The van der Waals surface area contributed by atoms with Crippen molar-refractivity contribution in [1.82, 2.24) is 5.32 Å². The van der Waals surface area contributed by atoms with Gasteiger partial charge in [-0.3, -0.25) is 4.79 Å². The quantitative estimate of drug-likeness (QED) is 0.659. The molecule has 0 saturated carbocycles. The molecule has 6 nitrogen and oxygen atoms in total. The summed E-state index contributed by atoms with van der Waals surface area (Å²) in [5.74, 6) is -0.595. The van der Waals surface area contributed by atoms with Gasteiger partial charge in [-0.15, -0.1) is 0 Å². The van der Waals surface area contributed by atoms with Crippen LogP contribution in [0.3, 0.4) is 0 Å². The van der Waals surface area contributed by atoms with E-state index in [0.717, 1.165) is 21.8 Å². The van der Waals surface area contributed by atoms with E-state index in [2.05, 4.69) is 5.32 Å². The molecular weight excluding hydrogens is 272 g/mol. The van der Waals surface area contributed by atoms with Crippen molar-refractivity contribution < 1.29 is 24.3 Å². The Hall–Kier alpha value is -2.08. The molecule has 1 heterocycles.